The van der Waals surface area contributed by atoms with E-state index in [0.717, 1.165) is 26.7 Å². The Labute approximate surface area is 165 Å². The molecule has 0 unspecified atom stereocenters. The second-order valence-corrected chi connectivity index (χ2v) is 7.49. The molecule has 0 aliphatic carbocycles. The van der Waals surface area contributed by atoms with Crippen LogP contribution in [0.2, 0.25) is 0 Å². The van der Waals surface area contributed by atoms with Crippen LogP contribution in [-0.4, -0.2) is 20.5 Å². The minimum atomic E-state index is -0.906. The summed E-state index contributed by atoms with van der Waals surface area (Å²) < 4.78 is 15.6. The van der Waals surface area contributed by atoms with Crippen LogP contribution < -0.4 is 0 Å². The lowest BCUT2D eigenvalue weighted by atomic mass is 10.1. The summed E-state index contributed by atoms with van der Waals surface area (Å²) in [6, 6.07) is 16.7. The molecule has 3 aromatic heterocycles. The van der Waals surface area contributed by atoms with Gasteiger partial charge in [-0.25, -0.2) is 4.39 Å². The van der Waals surface area contributed by atoms with Gasteiger partial charge in [-0.15, -0.1) is 0 Å². The van der Waals surface area contributed by atoms with Crippen molar-refractivity contribution in [3.63, 3.8) is 0 Å². The lowest BCUT2D eigenvalue weighted by Gasteiger charge is -2.06. The van der Waals surface area contributed by atoms with Crippen LogP contribution >= 0.6 is 11.8 Å². The molecular formula is C22H17FN2O2S. The van der Waals surface area contributed by atoms with E-state index in [0.29, 0.717) is 11.1 Å². The fraction of sp³-hybridized carbons (Fsp3) is 0.0909. The summed E-state index contributed by atoms with van der Waals surface area (Å²) in [7, 11) is 0. The minimum Gasteiger partial charge on any atom is -0.481 e. The molecule has 6 heteroatoms. The van der Waals surface area contributed by atoms with Crippen LogP contribution in [0.3, 0.4) is 0 Å². The highest BCUT2D eigenvalue weighted by atomic mass is 32.2. The Hall–Kier alpha value is -3.12. The molecule has 0 fully saturated rings. The van der Waals surface area contributed by atoms with Crippen LogP contribution in [0.5, 0.6) is 0 Å². The molecule has 4 rings (SSSR count). The predicted molar refractivity (Wildman–Crippen MR) is 107 cm³/mol. The van der Waals surface area contributed by atoms with E-state index < -0.39 is 5.97 Å². The molecule has 1 N–H and O–H groups in total. The van der Waals surface area contributed by atoms with Gasteiger partial charge in [-0.2, -0.15) is 0 Å². The number of carboxylic acid groups (broad SMARTS) is 1. The third-order valence-electron chi connectivity index (χ3n) is 4.57. The third-order valence-corrected chi connectivity index (χ3v) is 5.78. The first kappa shape index (κ1) is 18.3. The van der Waals surface area contributed by atoms with E-state index in [1.807, 2.05) is 49.4 Å². The predicted octanol–water partition coefficient (Wildman–Crippen LogP) is 5.23. The van der Waals surface area contributed by atoms with Gasteiger partial charge in [-0.1, -0.05) is 30.0 Å². The molecule has 0 saturated carbocycles. The van der Waals surface area contributed by atoms with E-state index in [1.165, 1.54) is 24.0 Å². The monoisotopic (exact) mass is 392 g/mol. The zero-order valence-corrected chi connectivity index (χ0v) is 15.9. The lowest BCUT2D eigenvalue weighted by Crippen LogP contribution is -2.00. The number of carbonyl (C=O) groups is 1. The summed E-state index contributed by atoms with van der Waals surface area (Å²) in [5, 5.41) is 10.1. The van der Waals surface area contributed by atoms with E-state index in [9.17, 15) is 14.3 Å². The van der Waals surface area contributed by atoms with Crippen molar-refractivity contribution in [2.75, 3.05) is 0 Å². The number of benzene rings is 1. The number of hydrogen-bond acceptors (Lipinski definition) is 3. The van der Waals surface area contributed by atoms with Crippen molar-refractivity contribution < 1.29 is 14.3 Å². The van der Waals surface area contributed by atoms with Gasteiger partial charge in [0, 0.05) is 22.9 Å². The summed E-state index contributed by atoms with van der Waals surface area (Å²) in [6.07, 6.45) is 3.06. The maximum atomic E-state index is 13.8. The van der Waals surface area contributed by atoms with Gasteiger partial charge in [0.05, 0.1) is 22.7 Å². The van der Waals surface area contributed by atoms with Gasteiger partial charge in [0.1, 0.15) is 5.82 Å². The third kappa shape index (κ3) is 3.51. The van der Waals surface area contributed by atoms with Gasteiger partial charge in [0.2, 0.25) is 0 Å². The van der Waals surface area contributed by atoms with Crippen LogP contribution in [0.1, 0.15) is 11.1 Å². The zero-order chi connectivity index (χ0) is 19.7. The Morgan fingerprint density at radius 1 is 1.14 bits per heavy atom. The largest absolute Gasteiger partial charge is 0.481 e. The number of aromatic nitrogens is 2. The second-order valence-electron chi connectivity index (χ2n) is 6.42. The Balaban J connectivity index is 1.72. The number of rotatable bonds is 5. The number of halogens is 1. The Morgan fingerprint density at radius 3 is 2.61 bits per heavy atom. The van der Waals surface area contributed by atoms with Gasteiger partial charge in [-0.05, 0) is 54.4 Å². The fourth-order valence-corrected chi connectivity index (χ4v) is 4.25. The Morgan fingerprint density at radius 2 is 1.93 bits per heavy atom. The van der Waals surface area contributed by atoms with Crippen molar-refractivity contribution in [2.45, 2.75) is 23.3 Å². The Kier molecular flexibility index (Phi) is 4.88. The maximum absolute atomic E-state index is 13.8. The fourth-order valence-electron chi connectivity index (χ4n) is 3.23. The molecule has 4 aromatic rings. The van der Waals surface area contributed by atoms with E-state index >= 15 is 0 Å². The molecule has 140 valence electrons. The molecule has 0 aliphatic heterocycles. The van der Waals surface area contributed by atoms with E-state index in [2.05, 4.69) is 4.98 Å². The molecule has 0 spiro atoms. The zero-order valence-electron chi connectivity index (χ0n) is 15.1. The highest BCUT2D eigenvalue weighted by Crippen LogP contribution is 2.36. The number of carboxylic acids is 1. The number of pyridine rings is 2. The van der Waals surface area contributed by atoms with Gasteiger partial charge < -0.3 is 9.51 Å². The minimum absolute atomic E-state index is 0.0971. The second kappa shape index (κ2) is 7.48. The summed E-state index contributed by atoms with van der Waals surface area (Å²) in [5.74, 6) is -1.27. The molecule has 0 aliphatic rings. The molecule has 0 saturated heterocycles. The molecule has 0 atom stereocenters. The van der Waals surface area contributed by atoms with Gasteiger partial charge in [0.15, 0.2) is 0 Å². The van der Waals surface area contributed by atoms with Gasteiger partial charge >= 0.3 is 5.97 Å². The van der Waals surface area contributed by atoms with Crippen LogP contribution in [0.15, 0.2) is 76.9 Å². The van der Waals surface area contributed by atoms with Crippen LogP contribution in [0.25, 0.3) is 16.8 Å². The normalized spacial score (nSPS) is 11.1. The number of nitrogens with zero attached hydrogens (tertiary/aromatic N) is 2. The van der Waals surface area contributed by atoms with Crippen molar-refractivity contribution in [3.8, 4) is 11.3 Å². The average Bonchev–Trinajstić information content (AvgIpc) is 2.94. The first-order valence-corrected chi connectivity index (χ1v) is 9.55. The molecule has 0 radical (unpaired) electrons. The van der Waals surface area contributed by atoms with Crippen molar-refractivity contribution in [2.24, 2.45) is 0 Å². The molecule has 0 amide bonds. The van der Waals surface area contributed by atoms with Crippen molar-refractivity contribution in [1.29, 1.82) is 0 Å². The van der Waals surface area contributed by atoms with Crippen molar-refractivity contribution in [1.82, 2.24) is 9.38 Å². The molecule has 28 heavy (non-hydrogen) atoms. The first-order valence-electron chi connectivity index (χ1n) is 8.73. The van der Waals surface area contributed by atoms with Crippen molar-refractivity contribution >= 4 is 23.2 Å². The molecule has 3 heterocycles. The van der Waals surface area contributed by atoms with E-state index in [4.69, 9.17) is 0 Å². The van der Waals surface area contributed by atoms with E-state index in [1.54, 1.807) is 16.7 Å². The molecular weight excluding hydrogens is 375 g/mol. The number of fused-ring (bicyclic) bond motifs is 1. The number of hydrogen-bond donors (Lipinski definition) is 1. The van der Waals surface area contributed by atoms with Gasteiger partial charge in [0.25, 0.3) is 0 Å². The molecule has 0 bridgehead atoms. The van der Waals surface area contributed by atoms with Crippen molar-refractivity contribution in [3.05, 3.63) is 83.9 Å². The highest BCUT2D eigenvalue weighted by molar-refractivity contribution is 7.99. The average molecular weight is 392 g/mol. The van der Waals surface area contributed by atoms with Gasteiger partial charge in [-0.3, -0.25) is 9.78 Å². The standard InChI is InChI=1S/C22H17FN2O2S/c1-14-18(12-21(26)27)20-10-7-16(23)13-25(20)22(14)28-17-8-5-15(6-9-17)19-4-2-3-11-24-19/h2-11,13H,12H2,1H3,(H,26,27). The Bertz CT molecular complexity index is 1150. The smallest absolute Gasteiger partial charge is 0.307 e. The van der Waals surface area contributed by atoms with Crippen LogP contribution in [0.4, 0.5) is 4.39 Å². The van der Waals surface area contributed by atoms with Crippen LogP contribution in [0, 0.1) is 12.7 Å². The summed E-state index contributed by atoms with van der Waals surface area (Å²) >= 11 is 1.49. The van der Waals surface area contributed by atoms with Crippen LogP contribution in [-0.2, 0) is 11.2 Å². The molecule has 4 nitrogen and oxygen atoms in total. The summed E-state index contributed by atoms with van der Waals surface area (Å²) in [4.78, 5) is 16.6. The number of aliphatic carboxylic acids is 1. The summed E-state index contributed by atoms with van der Waals surface area (Å²) in [5.41, 5.74) is 4.19. The quantitative estimate of drug-likeness (QED) is 0.505. The highest BCUT2D eigenvalue weighted by Gasteiger charge is 2.18. The SMILES string of the molecule is Cc1c(CC(=O)O)c2ccc(F)cn2c1Sc1ccc(-c2ccccn2)cc1. The topological polar surface area (TPSA) is 54.6 Å². The summed E-state index contributed by atoms with van der Waals surface area (Å²) in [6.45, 7) is 1.88. The maximum Gasteiger partial charge on any atom is 0.307 e. The molecule has 1 aromatic carbocycles. The lowest BCUT2D eigenvalue weighted by molar-refractivity contribution is -0.136. The van der Waals surface area contributed by atoms with E-state index in [-0.39, 0.29) is 12.2 Å². The first-order chi connectivity index (χ1) is 13.5.